The van der Waals surface area contributed by atoms with Gasteiger partial charge in [-0.25, -0.2) is 4.98 Å². The van der Waals surface area contributed by atoms with Gasteiger partial charge >= 0.3 is 6.18 Å². The third-order valence-electron chi connectivity index (χ3n) is 3.46. The normalized spacial score (nSPS) is 12.0. The maximum atomic E-state index is 13.0. The van der Waals surface area contributed by atoms with E-state index in [-0.39, 0.29) is 16.9 Å². The monoisotopic (exact) mass is 370 g/mol. The number of rotatable bonds is 4. The van der Waals surface area contributed by atoms with Crippen molar-refractivity contribution in [2.75, 3.05) is 0 Å². The molecule has 0 radical (unpaired) electrons. The maximum Gasteiger partial charge on any atom is 0.416 e. The molecule has 1 aromatic carbocycles. The van der Waals surface area contributed by atoms with Crippen molar-refractivity contribution in [1.82, 2.24) is 9.38 Å². The number of halogens is 3. The van der Waals surface area contributed by atoms with Crippen LogP contribution in [0, 0.1) is 6.92 Å². The second-order valence-corrected chi connectivity index (χ2v) is 7.05. The third kappa shape index (κ3) is 3.49. The Bertz CT molecular complexity index is 931. The first-order valence-corrected chi connectivity index (χ1v) is 9.09. The zero-order valence-corrected chi connectivity index (χ0v) is 14.3. The molecule has 0 aliphatic heterocycles. The fourth-order valence-electron chi connectivity index (χ4n) is 2.36. The van der Waals surface area contributed by atoms with Crippen molar-refractivity contribution in [2.24, 2.45) is 0 Å². The van der Waals surface area contributed by atoms with Crippen molar-refractivity contribution >= 4 is 28.1 Å². The largest absolute Gasteiger partial charge is 0.416 e. The molecule has 0 N–H and O–H groups in total. The Balaban J connectivity index is 1.75. The number of aryl methyl sites for hydroxylation is 1. The number of alkyl halides is 3. The number of thiazole rings is 1. The van der Waals surface area contributed by atoms with E-state index < -0.39 is 11.7 Å². The van der Waals surface area contributed by atoms with Gasteiger partial charge in [-0.05, 0) is 18.6 Å². The van der Waals surface area contributed by atoms with E-state index in [2.05, 4.69) is 4.98 Å². The number of thioether (sulfide) groups is 1. The van der Waals surface area contributed by atoms with Crippen molar-refractivity contribution in [2.45, 2.75) is 24.6 Å². The number of hydrogen-bond acceptors (Lipinski definition) is 4. The molecule has 2 aromatic heterocycles. The van der Waals surface area contributed by atoms with Crippen LogP contribution in [0.3, 0.4) is 0 Å². The van der Waals surface area contributed by atoms with E-state index >= 15 is 0 Å². The average Bonchev–Trinajstić information content (AvgIpc) is 2.88. The molecule has 0 spiro atoms. The lowest BCUT2D eigenvalue weighted by atomic mass is 10.1. The number of fused-ring (bicyclic) bond motifs is 1. The summed E-state index contributed by atoms with van der Waals surface area (Å²) in [5.41, 5.74) is 0.863. The van der Waals surface area contributed by atoms with Crippen LogP contribution in [0.15, 0.2) is 40.5 Å². The molecular weight excluding hydrogens is 357 g/mol. The average molecular weight is 370 g/mol. The molecule has 0 atom stereocenters. The third-order valence-corrected chi connectivity index (χ3v) is 5.42. The minimum absolute atomic E-state index is 0.162. The fraction of sp³-hybridized carbons (Fsp3) is 0.250. The number of nitrogens with zero attached hydrogens (tertiary/aromatic N) is 2. The first-order chi connectivity index (χ1) is 11.4. The smallest absolute Gasteiger partial charge is 0.269 e. The predicted molar refractivity (Wildman–Crippen MR) is 90.5 cm³/mol. The minimum atomic E-state index is -4.36. The summed E-state index contributed by atoms with van der Waals surface area (Å²) in [6.45, 7) is 1.83. The summed E-state index contributed by atoms with van der Waals surface area (Å²) in [6, 6.07) is 6.98. The quantitative estimate of drug-likeness (QED) is 0.677. The van der Waals surface area contributed by atoms with Crippen molar-refractivity contribution in [3.05, 3.63) is 68.6 Å². The van der Waals surface area contributed by atoms with E-state index in [1.165, 1.54) is 45.7 Å². The Hall–Kier alpha value is -1.80. The van der Waals surface area contributed by atoms with Crippen LogP contribution in [0.25, 0.3) is 4.96 Å². The summed E-state index contributed by atoms with van der Waals surface area (Å²) < 4.78 is 40.4. The zero-order chi connectivity index (χ0) is 17.3. The summed E-state index contributed by atoms with van der Waals surface area (Å²) in [5, 5.41) is 1.85. The number of benzene rings is 1. The summed E-state index contributed by atoms with van der Waals surface area (Å²) in [5.74, 6) is 0.592. The molecular formula is C16H13F3N2OS2. The first kappa shape index (κ1) is 17.0. The van der Waals surface area contributed by atoms with Crippen LogP contribution in [0.5, 0.6) is 0 Å². The van der Waals surface area contributed by atoms with E-state index in [4.69, 9.17) is 0 Å². The molecule has 0 unspecified atom stereocenters. The van der Waals surface area contributed by atoms with E-state index in [0.29, 0.717) is 16.4 Å². The van der Waals surface area contributed by atoms with E-state index in [1.807, 2.05) is 12.3 Å². The molecule has 3 rings (SSSR count). The van der Waals surface area contributed by atoms with Gasteiger partial charge in [0.05, 0.1) is 11.3 Å². The molecule has 0 amide bonds. The molecule has 0 saturated heterocycles. The second-order valence-electron chi connectivity index (χ2n) is 5.23. The molecule has 3 aromatic rings. The SMILES string of the molecule is Cc1csc2nc(CSCc3ccccc3C(F)(F)F)cc(=O)n12. The molecule has 8 heteroatoms. The molecule has 0 bridgehead atoms. The van der Waals surface area contributed by atoms with Crippen molar-refractivity contribution in [1.29, 1.82) is 0 Å². The van der Waals surface area contributed by atoms with Crippen LogP contribution >= 0.6 is 23.1 Å². The lowest BCUT2D eigenvalue weighted by molar-refractivity contribution is -0.138. The summed E-state index contributed by atoms with van der Waals surface area (Å²) in [7, 11) is 0. The highest BCUT2D eigenvalue weighted by Crippen LogP contribution is 2.33. The van der Waals surface area contributed by atoms with Gasteiger partial charge in [0.15, 0.2) is 4.96 Å². The lowest BCUT2D eigenvalue weighted by Gasteiger charge is -2.12. The molecule has 0 fully saturated rings. The van der Waals surface area contributed by atoms with E-state index in [1.54, 1.807) is 6.07 Å². The highest BCUT2D eigenvalue weighted by molar-refractivity contribution is 7.97. The van der Waals surface area contributed by atoms with Crippen molar-refractivity contribution < 1.29 is 13.2 Å². The van der Waals surface area contributed by atoms with Crippen molar-refractivity contribution in [3.63, 3.8) is 0 Å². The molecule has 24 heavy (non-hydrogen) atoms. The van der Waals surface area contributed by atoms with Gasteiger partial charge in [-0.3, -0.25) is 9.20 Å². The highest BCUT2D eigenvalue weighted by atomic mass is 32.2. The number of hydrogen-bond donors (Lipinski definition) is 0. The van der Waals surface area contributed by atoms with Gasteiger partial charge in [0, 0.05) is 28.6 Å². The van der Waals surface area contributed by atoms with Crippen LogP contribution in [-0.4, -0.2) is 9.38 Å². The standard InChI is InChI=1S/C16H13F3N2OS2/c1-10-7-24-15-20-12(6-14(22)21(10)15)9-23-8-11-4-2-3-5-13(11)16(17,18)19/h2-7H,8-9H2,1H3. The van der Waals surface area contributed by atoms with Crippen LogP contribution in [-0.2, 0) is 17.7 Å². The van der Waals surface area contributed by atoms with Gasteiger partial charge < -0.3 is 0 Å². The van der Waals surface area contributed by atoms with Gasteiger partial charge in [0.25, 0.3) is 5.56 Å². The highest BCUT2D eigenvalue weighted by Gasteiger charge is 2.32. The number of aromatic nitrogens is 2. The van der Waals surface area contributed by atoms with Crippen LogP contribution in [0.1, 0.15) is 22.5 Å². The maximum absolute atomic E-state index is 13.0. The van der Waals surface area contributed by atoms with Gasteiger partial charge in [-0.15, -0.1) is 11.3 Å². The Morgan fingerprint density at radius 2 is 2.00 bits per heavy atom. The van der Waals surface area contributed by atoms with Crippen molar-refractivity contribution in [3.8, 4) is 0 Å². The second kappa shape index (κ2) is 6.60. The van der Waals surface area contributed by atoms with Gasteiger partial charge in [-0.2, -0.15) is 24.9 Å². The molecule has 0 aliphatic rings. The minimum Gasteiger partial charge on any atom is -0.269 e. The van der Waals surface area contributed by atoms with Gasteiger partial charge in [0.1, 0.15) is 0 Å². The molecule has 3 nitrogen and oxygen atoms in total. The van der Waals surface area contributed by atoms with E-state index in [0.717, 1.165) is 11.8 Å². The summed E-state index contributed by atoms with van der Waals surface area (Å²) in [4.78, 5) is 17.1. The Labute approximate surface area is 144 Å². The molecule has 2 heterocycles. The molecule has 0 aliphatic carbocycles. The fourth-order valence-corrected chi connectivity index (χ4v) is 4.18. The Morgan fingerprint density at radius 1 is 1.25 bits per heavy atom. The predicted octanol–water partition coefficient (Wildman–Crippen LogP) is 4.52. The Kier molecular flexibility index (Phi) is 4.69. The topological polar surface area (TPSA) is 34.4 Å². The van der Waals surface area contributed by atoms with E-state index in [9.17, 15) is 18.0 Å². The van der Waals surface area contributed by atoms with Gasteiger partial charge in [-0.1, -0.05) is 18.2 Å². The van der Waals surface area contributed by atoms with Crippen LogP contribution in [0.4, 0.5) is 13.2 Å². The first-order valence-electron chi connectivity index (χ1n) is 7.06. The zero-order valence-electron chi connectivity index (χ0n) is 12.6. The van der Waals surface area contributed by atoms with Gasteiger partial charge in [0.2, 0.25) is 0 Å². The Morgan fingerprint density at radius 3 is 2.75 bits per heavy atom. The van der Waals surface area contributed by atoms with Crippen LogP contribution in [0.2, 0.25) is 0 Å². The summed E-state index contributed by atoms with van der Waals surface area (Å²) >= 11 is 2.68. The van der Waals surface area contributed by atoms with Crippen LogP contribution < -0.4 is 5.56 Å². The molecule has 0 saturated carbocycles. The lowest BCUT2D eigenvalue weighted by Crippen LogP contribution is -2.14. The molecule has 126 valence electrons. The summed E-state index contributed by atoms with van der Waals surface area (Å²) in [6.07, 6.45) is -4.36.